The van der Waals surface area contributed by atoms with Crippen molar-refractivity contribution in [1.29, 1.82) is 0 Å². The molecule has 124 valence electrons. The molecule has 0 fully saturated rings. The summed E-state index contributed by atoms with van der Waals surface area (Å²) in [6.45, 7) is 2.97. The minimum absolute atomic E-state index is 0.121. The van der Waals surface area contributed by atoms with E-state index in [4.69, 9.17) is 4.42 Å². The van der Waals surface area contributed by atoms with Gasteiger partial charge in [-0.2, -0.15) is 0 Å². The minimum atomic E-state index is -0.465. The highest BCUT2D eigenvalue weighted by Crippen LogP contribution is 2.32. The number of aryl methyl sites for hydroxylation is 1. The van der Waals surface area contributed by atoms with Gasteiger partial charge in [-0.25, -0.2) is 9.37 Å². The molecule has 2 aromatic heterocycles. The largest absolute Gasteiger partial charge is 0.448 e. The van der Waals surface area contributed by atoms with Gasteiger partial charge in [-0.1, -0.05) is 24.3 Å². The summed E-state index contributed by atoms with van der Waals surface area (Å²) in [7, 11) is 0. The molecule has 0 saturated heterocycles. The fraction of sp³-hybridized carbons (Fsp3) is 0.158. The van der Waals surface area contributed by atoms with Gasteiger partial charge in [-0.15, -0.1) is 0 Å². The number of amides is 1. The highest BCUT2D eigenvalue weighted by molar-refractivity contribution is 6.08. The van der Waals surface area contributed by atoms with Gasteiger partial charge in [0.25, 0.3) is 5.91 Å². The third kappa shape index (κ3) is 1.88. The quantitative estimate of drug-likeness (QED) is 0.530. The Morgan fingerprint density at radius 3 is 2.84 bits per heavy atom. The first-order valence-electron chi connectivity index (χ1n) is 8.10. The third-order valence-corrected chi connectivity index (χ3v) is 4.78. The monoisotopic (exact) mass is 335 g/mol. The van der Waals surface area contributed by atoms with Gasteiger partial charge in [0, 0.05) is 24.0 Å². The van der Waals surface area contributed by atoms with Crippen molar-refractivity contribution < 1.29 is 13.6 Å². The van der Waals surface area contributed by atoms with Crippen LogP contribution in [0.4, 0.5) is 10.3 Å². The first kappa shape index (κ1) is 14.2. The molecule has 0 aliphatic carbocycles. The van der Waals surface area contributed by atoms with Crippen molar-refractivity contribution in [2.24, 2.45) is 0 Å². The van der Waals surface area contributed by atoms with Gasteiger partial charge in [-0.3, -0.25) is 9.69 Å². The van der Waals surface area contributed by atoms with Crippen LogP contribution < -0.4 is 4.90 Å². The molecule has 0 atom stereocenters. The molecule has 1 amide bonds. The zero-order valence-electron chi connectivity index (χ0n) is 13.5. The fourth-order valence-corrected chi connectivity index (χ4v) is 3.52. The molecule has 5 nitrogen and oxygen atoms in total. The first-order valence-corrected chi connectivity index (χ1v) is 8.10. The van der Waals surface area contributed by atoms with Crippen LogP contribution in [-0.4, -0.2) is 22.0 Å². The van der Waals surface area contributed by atoms with Crippen LogP contribution in [0.15, 0.2) is 46.9 Å². The minimum Gasteiger partial charge on any atom is -0.448 e. The Labute approximate surface area is 142 Å². The van der Waals surface area contributed by atoms with E-state index in [9.17, 15) is 9.18 Å². The van der Waals surface area contributed by atoms with Crippen LogP contribution in [0.5, 0.6) is 0 Å². The molecule has 0 N–H and O–H groups in total. The summed E-state index contributed by atoms with van der Waals surface area (Å²) >= 11 is 0. The van der Waals surface area contributed by atoms with Crippen LogP contribution in [0.2, 0.25) is 0 Å². The number of carbonyl (C=O) groups is 1. The third-order valence-electron chi connectivity index (χ3n) is 4.78. The number of aromatic nitrogens is 2. The van der Waals surface area contributed by atoms with Crippen LogP contribution in [0.3, 0.4) is 0 Å². The average Bonchev–Trinajstić information content (AvgIpc) is 3.27. The summed E-state index contributed by atoms with van der Waals surface area (Å²) in [5.74, 6) is 0.0163. The highest BCUT2D eigenvalue weighted by atomic mass is 19.1. The second-order valence-electron chi connectivity index (χ2n) is 6.18. The van der Waals surface area contributed by atoms with Crippen molar-refractivity contribution in [3.8, 4) is 0 Å². The lowest BCUT2D eigenvalue weighted by molar-refractivity contribution is 0.0963. The number of halogens is 1. The van der Waals surface area contributed by atoms with E-state index < -0.39 is 5.82 Å². The second kappa shape index (κ2) is 4.92. The van der Waals surface area contributed by atoms with Gasteiger partial charge in [0.05, 0.1) is 11.0 Å². The molecule has 5 rings (SSSR count). The number of rotatable bonds is 1. The molecule has 0 saturated carbocycles. The zero-order chi connectivity index (χ0) is 17.1. The summed E-state index contributed by atoms with van der Waals surface area (Å²) in [5, 5.41) is 0.621. The zero-order valence-corrected chi connectivity index (χ0v) is 13.5. The van der Waals surface area contributed by atoms with Gasteiger partial charge in [0.2, 0.25) is 5.95 Å². The Kier molecular flexibility index (Phi) is 2.80. The predicted molar refractivity (Wildman–Crippen MR) is 92.3 cm³/mol. The van der Waals surface area contributed by atoms with Crippen LogP contribution in [0.25, 0.3) is 22.0 Å². The van der Waals surface area contributed by atoms with Crippen LogP contribution in [0.1, 0.15) is 16.1 Å². The fourth-order valence-electron chi connectivity index (χ4n) is 3.52. The van der Waals surface area contributed by atoms with Crippen LogP contribution >= 0.6 is 0 Å². The lowest BCUT2D eigenvalue weighted by atomic mass is 10.1. The Morgan fingerprint density at radius 2 is 2.00 bits per heavy atom. The second-order valence-corrected chi connectivity index (χ2v) is 6.18. The van der Waals surface area contributed by atoms with Gasteiger partial charge in [0.15, 0.2) is 17.2 Å². The first-order chi connectivity index (χ1) is 12.1. The number of nitrogens with zero attached hydrogens (tertiary/aromatic N) is 3. The molecule has 25 heavy (non-hydrogen) atoms. The summed E-state index contributed by atoms with van der Waals surface area (Å²) in [6, 6.07) is 12.5. The van der Waals surface area contributed by atoms with E-state index in [0.717, 1.165) is 11.0 Å². The number of para-hydroxylation sites is 3. The summed E-state index contributed by atoms with van der Waals surface area (Å²) in [4.78, 5) is 19.2. The lowest BCUT2D eigenvalue weighted by Gasteiger charge is -2.12. The van der Waals surface area contributed by atoms with E-state index in [1.807, 2.05) is 28.8 Å². The molecular formula is C19H14FN3O2. The predicted octanol–water partition coefficient (Wildman–Crippen LogP) is 3.89. The smallest absolute Gasteiger partial charge is 0.296 e. The molecule has 0 bridgehead atoms. The Bertz CT molecular complexity index is 1160. The number of carbonyl (C=O) groups excluding carboxylic acids is 1. The van der Waals surface area contributed by atoms with Gasteiger partial charge >= 0.3 is 0 Å². The molecule has 2 aromatic carbocycles. The van der Waals surface area contributed by atoms with E-state index in [2.05, 4.69) is 4.98 Å². The van der Waals surface area contributed by atoms with Crippen molar-refractivity contribution in [3.63, 3.8) is 0 Å². The Balaban J connectivity index is 1.63. The molecular weight excluding hydrogens is 321 g/mol. The number of fused-ring (bicyclic) bond motifs is 4. The van der Waals surface area contributed by atoms with Crippen molar-refractivity contribution >= 4 is 33.9 Å². The van der Waals surface area contributed by atoms with Crippen LogP contribution in [0, 0.1) is 12.7 Å². The lowest BCUT2D eigenvalue weighted by Crippen LogP contribution is -2.29. The summed E-state index contributed by atoms with van der Waals surface area (Å²) in [6.07, 6.45) is 0. The van der Waals surface area contributed by atoms with Gasteiger partial charge in [-0.05, 0) is 25.1 Å². The number of hydrogen-bond acceptors (Lipinski definition) is 3. The molecule has 3 heterocycles. The van der Waals surface area contributed by atoms with Crippen LogP contribution in [-0.2, 0) is 6.54 Å². The Hall–Kier alpha value is -3.15. The van der Waals surface area contributed by atoms with E-state index in [1.165, 1.54) is 6.07 Å². The molecule has 0 radical (unpaired) electrons. The van der Waals surface area contributed by atoms with E-state index in [1.54, 1.807) is 24.0 Å². The van der Waals surface area contributed by atoms with Crippen molar-refractivity contribution in [2.45, 2.75) is 13.5 Å². The van der Waals surface area contributed by atoms with Crippen molar-refractivity contribution in [1.82, 2.24) is 9.55 Å². The average molecular weight is 335 g/mol. The molecule has 1 aliphatic heterocycles. The SMILES string of the molecule is Cc1c(C(=O)N2CCn3c2nc2ccccc23)oc2c(F)cccc12. The number of anilines is 1. The maximum atomic E-state index is 14.0. The molecule has 0 spiro atoms. The van der Waals surface area contributed by atoms with E-state index in [-0.39, 0.29) is 17.3 Å². The summed E-state index contributed by atoms with van der Waals surface area (Å²) in [5.41, 5.74) is 2.62. The highest BCUT2D eigenvalue weighted by Gasteiger charge is 2.32. The Morgan fingerprint density at radius 1 is 1.16 bits per heavy atom. The number of hydrogen-bond donors (Lipinski definition) is 0. The molecule has 6 heteroatoms. The molecule has 4 aromatic rings. The van der Waals surface area contributed by atoms with E-state index in [0.29, 0.717) is 30.0 Å². The van der Waals surface area contributed by atoms with Crippen molar-refractivity contribution in [2.75, 3.05) is 11.4 Å². The van der Waals surface area contributed by atoms with Gasteiger partial charge in [0.1, 0.15) is 0 Å². The van der Waals surface area contributed by atoms with Crippen molar-refractivity contribution in [3.05, 3.63) is 59.6 Å². The number of benzene rings is 2. The summed E-state index contributed by atoms with van der Waals surface area (Å²) < 4.78 is 21.6. The maximum Gasteiger partial charge on any atom is 0.296 e. The molecule has 0 unspecified atom stereocenters. The number of furan rings is 1. The number of imidazole rings is 1. The maximum absolute atomic E-state index is 14.0. The standard InChI is InChI=1S/C19H14FN3O2/c1-11-12-5-4-6-13(20)17(12)25-16(11)18(24)23-10-9-22-15-8-3-2-7-14(15)21-19(22)23/h2-8H,9-10H2,1H3. The normalized spacial score (nSPS) is 13.8. The molecule has 1 aliphatic rings. The van der Waals surface area contributed by atoms with Gasteiger partial charge < -0.3 is 8.98 Å². The topological polar surface area (TPSA) is 51.3 Å². The van der Waals surface area contributed by atoms with E-state index >= 15 is 0 Å².